The van der Waals surface area contributed by atoms with Gasteiger partial charge in [-0.3, -0.25) is 4.98 Å². The molecule has 2 bridgehead atoms. The highest BCUT2D eigenvalue weighted by atomic mass is 19.1. The Morgan fingerprint density at radius 3 is 2.63 bits per heavy atom. The lowest BCUT2D eigenvalue weighted by Crippen LogP contribution is -2.51. The molecule has 7 nitrogen and oxygen atoms in total. The Labute approximate surface area is 249 Å². The van der Waals surface area contributed by atoms with Crippen LogP contribution in [0.25, 0.3) is 32.8 Å². The minimum atomic E-state index is -0.598. The zero-order valence-electron chi connectivity index (χ0n) is 24.1. The number of halogens is 2. The summed E-state index contributed by atoms with van der Waals surface area (Å²) in [6.07, 6.45) is 12.4. The Morgan fingerprint density at radius 1 is 1.12 bits per heavy atom. The van der Waals surface area contributed by atoms with Crippen LogP contribution in [0.3, 0.4) is 0 Å². The highest BCUT2D eigenvalue weighted by molar-refractivity contribution is 6.04. The van der Waals surface area contributed by atoms with Crippen molar-refractivity contribution < 1.29 is 23.4 Å². The quantitative estimate of drug-likeness (QED) is 0.275. The van der Waals surface area contributed by atoms with Gasteiger partial charge >= 0.3 is 0 Å². The molecule has 2 unspecified atom stereocenters. The number of pyridine rings is 2. The van der Waals surface area contributed by atoms with E-state index in [1.165, 1.54) is 24.3 Å². The molecule has 0 amide bonds. The van der Waals surface area contributed by atoms with Crippen molar-refractivity contribution in [3.8, 4) is 35.2 Å². The SMILES string of the molecule is C#Cc1c(F)ccc2cc(O)cc(-c3ncc4c(N5CC6CCC(C5)N6)nc(OCCC5CCOCC5)c(C)c4c3F)c12. The van der Waals surface area contributed by atoms with Crippen LogP contribution in [0.5, 0.6) is 11.6 Å². The predicted molar refractivity (Wildman–Crippen MR) is 163 cm³/mol. The van der Waals surface area contributed by atoms with Crippen LogP contribution in [0.4, 0.5) is 14.6 Å². The van der Waals surface area contributed by atoms with Gasteiger partial charge in [0.2, 0.25) is 5.88 Å². The van der Waals surface area contributed by atoms with E-state index < -0.39 is 11.6 Å². The van der Waals surface area contributed by atoms with Gasteiger partial charge in [0.25, 0.3) is 0 Å². The number of anilines is 1. The third-order valence-corrected chi connectivity index (χ3v) is 9.24. The number of piperazine rings is 1. The first-order valence-electron chi connectivity index (χ1n) is 15.0. The summed E-state index contributed by atoms with van der Waals surface area (Å²) in [7, 11) is 0. The number of phenolic OH excluding ortho intramolecular Hbond substituents is 1. The van der Waals surface area contributed by atoms with Gasteiger partial charge in [-0.2, -0.15) is 4.98 Å². The minimum absolute atomic E-state index is 0.00522. The minimum Gasteiger partial charge on any atom is -0.508 e. The fraction of sp³-hybridized carbons (Fsp3) is 0.412. The van der Waals surface area contributed by atoms with E-state index in [4.69, 9.17) is 20.9 Å². The van der Waals surface area contributed by atoms with Gasteiger partial charge in [0.05, 0.1) is 12.2 Å². The van der Waals surface area contributed by atoms with Crippen molar-refractivity contribution in [2.24, 2.45) is 5.92 Å². The van der Waals surface area contributed by atoms with Gasteiger partial charge < -0.3 is 24.8 Å². The Kier molecular flexibility index (Phi) is 7.28. The fourth-order valence-corrected chi connectivity index (χ4v) is 7.02. The normalized spacial score (nSPS) is 20.6. The number of fused-ring (bicyclic) bond motifs is 4. The van der Waals surface area contributed by atoms with Crippen LogP contribution >= 0.6 is 0 Å². The highest BCUT2D eigenvalue weighted by Gasteiger charge is 2.34. The van der Waals surface area contributed by atoms with Gasteiger partial charge in [0, 0.05) is 71.9 Å². The molecule has 7 rings (SSSR count). The first kappa shape index (κ1) is 27.8. The van der Waals surface area contributed by atoms with E-state index >= 15 is 4.39 Å². The lowest BCUT2D eigenvalue weighted by Gasteiger charge is -2.34. The molecule has 3 aliphatic heterocycles. The summed E-state index contributed by atoms with van der Waals surface area (Å²) in [6, 6.07) is 6.33. The van der Waals surface area contributed by atoms with Crippen molar-refractivity contribution in [2.75, 3.05) is 37.8 Å². The molecule has 9 heteroatoms. The van der Waals surface area contributed by atoms with Gasteiger partial charge in [-0.25, -0.2) is 8.78 Å². The third-order valence-electron chi connectivity index (χ3n) is 9.24. The summed E-state index contributed by atoms with van der Waals surface area (Å²) < 4.78 is 43.5. The van der Waals surface area contributed by atoms with Crippen LogP contribution in [-0.4, -0.2) is 60.1 Å². The van der Waals surface area contributed by atoms with Crippen molar-refractivity contribution in [3.05, 3.63) is 53.2 Å². The number of phenols is 1. The van der Waals surface area contributed by atoms with Crippen LogP contribution in [0.15, 0.2) is 30.5 Å². The number of hydrogen-bond donors (Lipinski definition) is 2. The van der Waals surface area contributed by atoms with E-state index in [0.717, 1.165) is 58.4 Å². The number of aromatic hydroxyl groups is 1. The summed E-state index contributed by atoms with van der Waals surface area (Å²) in [5, 5.41) is 15.9. The van der Waals surface area contributed by atoms with Crippen molar-refractivity contribution >= 4 is 27.4 Å². The molecule has 2 aromatic heterocycles. The van der Waals surface area contributed by atoms with E-state index in [1.54, 1.807) is 6.20 Å². The van der Waals surface area contributed by atoms with E-state index in [2.05, 4.69) is 21.1 Å². The van der Waals surface area contributed by atoms with Crippen molar-refractivity contribution in [1.82, 2.24) is 15.3 Å². The maximum atomic E-state index is 16.9. The second-order valence-corrected chi connectivity index (χ2v) is 12.0. The molecule has 2 atom stereocenters. The van der Waals surface area contributed by atoms with Gasteiger partial charge in [-0.05, 0) is 68.5 Å². The Morgan fingerprint density at radius 2 is 1.88 bits per heavy atom. The molecule has 0 spiro atoms. The van der Waals surface area contributed by atoms with Crippen LogP contribution in [0.1, 0.15) is 43.2 Å². The summed E-state index contributed by atoms with van der Waals surface area (Å²) in [4.78, 5) is 11.8. The van der Waals surface area contributed by atoms with Crippen LogP contribution < -0.4 is 15.0 Å². The van der Waals surface area contributed by atoms with Gasteiger partial charge in [-0.15, -0.1) is 6.42 Å². The maximum absolute atomic E-state index is 16.9. The Balaban J connectivity index is 1.38. The number of ether oxygens (including phenoxy) is 2. The molecule has 2 N–H and O–H groups in total. The lowest BCUT2D eigenvalue weighted by atomic mass is 9.95. The fourth-order valence-electron chi connectivity index (χ4n) is 7.02. The number of aromatic nitrogens is 2. The molecule has 0 saturated carbocycles. The molecular weight excluding hydrogens is 550 g/mol. The number of hydrogen-bond acceptors (Lipinski definition) is 7. The number of nitrogens with zero attached hydrogens (tertiary/aromatic N) is 3. The van der Waals surface area contributed by atoms with Gasteiger partial charge in [0.15, 0.2) is 5.82 Å². The van der Waals surface area contributed by atoms with Crippen molar-refractivity contribution in [3.63, 3.8) is 0 Å². The first-order chi connectivity index (χ1) is 20.9. The van der Waals surface area contributed by atoms with E-state index in [9.17, 15) is 9.50 Å². The zero-order chi connectivity index (χ0) is 29.7. The number of benzene rings is 2. The van der Waals surface area contributed by atoms with E-state index in [-0.39, 0.29) is 22.6 Å². The van der Waals surface area contributed by atoms with Crippen molar-refractivity contribution in [2.45, 2.75) is 51.1 Å². The Bertz CT molecular complexity index is 1750. The Hall–Kier alpha value is -4.00. The molecule has 4 aromatic rings. The predicted octanol–water partition coefficient (Wildman–Crippen LogP) is 5.86. The molecule has 0 radical (unpaired) electrons. The number of terminal acetylenes is 1. The van der Waals surface area contributed by atoms with Crippen LogP contribution in [0, 0.1) is 36.8 Å². The van der Waals surface area contributed by atoms with Gasteiger partial charge in [0.1, 0.15) is 23.1 Å². The smallest absolute Gasteiger partial charge is 0.218 e. The van der Waals surface area contributed by atoms with Crippen LogP contribution in [0.2, 0.25) is 0 Å². The average Bonchev–Trinajstić information content (AvgIpc) is 3.35. The molecule has 5 heterocycles. The van der Waals surface area contributed by atoms with Crippen molar-refractivity contribution in [1.29, 1.82) is 0 Å². The summed E-state index contributed by atoms with van der Waals surface area (Å²) in [5.41, 5.74) is 0.762. The third kappa shape index (κ3) is 5.02. The van der Waals surface area contributed by atoms with Gasteiger partial charge in [-0.1, -0.05) is 12.0 Å². The topological polar surface area (TPSA) is 79.7 Å². The van der Waals surface area contributed by atoms with E-state index in [0.29, 0.717) is 63.4 Å². The molecule has 222 valence electrons. The first-order valence-corrected chi connectivity index (χ1v) is 15.0. The average molecular weight is 585 g/mol. The monoisotopic (exact) mass is 584 g/mol. The lowest BCUT2D eigenvalue weighted by molar-refractivity contribution is 0.0591. The van der Waals surface area contributed by atoms with Crippen LogP contribution in [-0.2, 0) is 4.74 Å². The second kappa shape index (κ2) is 11.3. The number of aryl methyl sites for hydroxylation is 1. The number of rotatable bonds is 6. The molecule has 3 aliphatic rings. The molecular formula is C34H34F2N4O3. The molecule has 3 fully saturated rings. The standard InChI is InChI=1S/C34H34F2N4O3/c1-3-25-28(35)7-4-21-14-24(41)15-26(30(21)25)32-31(36)29-19(2)34(43-13-10-20-8-11-42-12-9-20)39-33(27(29)16-37-32)40-17-22-5-6-23(18-40)38-22/h1,4,7,14-16,20,22-23,38,41H,5-6,8-13,17-18H2,2H3. The molecule has 3 saturated heterocycles. The molecule has 0 aliphatic carbocycles. The summed E-state index contributed by atoms with van der Waals surface area (Å²) in [6.45, 7) is 5.33. The molecule has 43 heavy (non-hydrogen) atoms. The maximum Gasteiger partial charge on any atom is 0.218 e. The summed E-state index contributed by atoms with van der Waals surface area (Å²) >= 11 is 0. The largest absolute Gasteiger partial charge is 0.508 e. The zero-order valence-corrected chi connectivity index (χ0v) is 24.1. The number of nitrogens with one attached hydrogen (secondary N) is 1. The molecule has 2 aromatic carbocycles. The van der Waals surface area contributed by atoms with E-state index in [1.807, 2.05) is 6.92 Å². The summed E-state index contributed by atoms with van der Waals surface area (Å²) in [5.74, 6) is 2.68. The highest BCUT2D eigenvalue weighted by Crippen LogP contribution is 2.41. The second-order valence-electron chi connectivity index (χ2n) is 12.0.